The van der Waals surface area contributed by atoms with Crippen molar-refractivity contribution in [3.63, 3.8) is 0 Å². The van der Waals surface area contributed by atoms with E-state index < -0.39 is 0 Å². The van der Waals surface area contributed by atoms with Gasteiger partial charge in [0.15, 0.2) is 0 Å². The Labute approximate surface area is 116 Å². The van der Waals surface area contributed by atoms with Gasteiger partial charge in [-0.3, -0.25) is 6.08 Å². The van der Waals surface area contributed by atoms with Crippen molar-refractivity contribution >= 4 is 0 Å². The Morgan fingerprint density at radius 2 is 1.50 bits per heavy atom. The van der Waals surface area contributed by atoms with Gasteiger partial charge < -0.3 is 56.6 Å². The Kier molecular flexibility index (Phi) is 124. The van der Waals surface area contributed by atoms with Gasteiger partial charge in [0.05, 0.1) is 0 Å². The standard InChI is InChI=1S/C5H5.C2H5.4ClH.Nb/c1-2-4-5-3-1;1-2;;;;;/h1-3H,4H2;1H2,2H3;4*1H;/q2*-1;;;;;/p-4. The number of halogens is 4. The Morgan fingerprint density at radius 1 is 1.08 bits per heavy atom. The van der Waals surface area contributed by atoms with Crippen LogP contribution in [0, 0.1) is 13.0 Å². The molecule has 12 heavy (non-hydrogen) atoms. The molecule has 1 aliphatic rings. The van der Waals surface area contributed by atoms with Gasteiger partial charge in [-0.2, -0.15) is 13.0 Å². The first-order valence-electron chi connectivity index (χ1n) is 2.42. The first-order chi connectivity index (χ1) is 3.50. The van der Waals surface area contributed by atoms with E-state index in [1.165, 1.54) is 0 Å². The van der Waals surface area contributed by atoms with Crippen LogP contribution in [0.4, 0.5) is 0 Å². The summed E-state index contributed by atoms with van der Waals surface area (Å²) >= 11 is 0. The van der Waals surface area contributed by atoms with Crippen molar-refractivity contribution in [3.05, 3.63) is 31.2 Å². The number of rotatable bonds is 0. The number of hydrogen-bond acceptors (Lipinski definition) is 0. The second-order valence-electron chi connectivity index (χ2n) is 1.00. The zero-order chi connectivity index (χ0) is 5.54. The third kappa shape index (κ3) is 30.1. The largest absolute Gasteiger partial charge is 1.00 e. The molecule has 0 aromatic heterocycles. The average molecular weight is 329 g/mol. The van der Waals surface area contributed by atoms with Crippen molar-refractivity contribution in [2.24, 2.45) is 0 Å². The summed E-state index contributed by atoms with van der Waals surface area (Å²) in [5, 5.41) is 0. The maximum atomic E-state index is 3.25. The van der Waals surface area contributed by atoms with Crippen molar-refractivity contribution < 1.29 is 72.0 Å². The van der Waals surface area contributed by atoms with Crippen LogP contribution in [0.15, 0.2) is 18.2 Å². The summed E-state index contributed by atoms with van der Waals surface area (Å²) in [6, 6.07) is 0. The Bertz CT molecular complexity index is 73.5. The van der Waals surface area contributed by atoms with E-state index in [2.05, 4.69) is 19.1 Å². The molecule has 0 fully saturated rings. The summed E-state index contributed by atoms with van der Waals surface area (Å²) in [4.78, 5) is 0. The van der Waals surface area contributed by atoms with Crippen LogP contribution in [0.1, 0.15) is 13.3 Å². The fourth-order valence-corrected chi connectivity index (χ4v) is 0.340. The molecule has 0 amide bonds. The summed E-state index contributed by atoms with van der Waals surface area (Å²) in [5.74, 6) is 0. The summed E-state index contributed by atoms with van der Waals surface area (Å²) in [5.41, 5.74) is 0. The minimum absolute atomic E-state index is 0. The topological polar surface area (TPSA) is 0 Å². The Hall–Kier alpha value is 1.38. The molecule has 77 valence electrons. The van der Waals surface area contributed by atoms with Crippen molar-refractivity contribution in [2.75, 3.05) is 0 Å². The molecule has 5 heteroatoms. The first-order valence-corrected chi connectivity index (χ1v) is 2.42. The van der Waals surface area contributed by atoms with Crippen LogP contribution in [0.2, 0.25) is 0 Å². The molecule has 0 nitrogen and oxygen atoms in total. The monoisotopic (exact) mass is 327 g/mol. The van der Waals surface area contributed by atoms with E-state index in [0.29, 0.717) is 0 Å². The number of allylic oxidation sites excluding steroid dienone is 4. The third-order valence-corrected chi connectivity index (χ3v) is 0.586. The third-order valence-electron chi connectivity index (χ3n) is 0.586. The Morgan fingerprint density at radius 3 is 1.58 bits per heavy atom. The van der Waals surface area contributed by atoms with Crippen LogP contribution in [0.3, 0.4) is 0 Å². The van der Waals surface area contributed by atoms with E-state index in [9.17, 15) is 0 Å². The van der Waals surface area contributed by atoms with Gasteiger partial charge in [0, 0.05) is 22.4 Å². The molecule has 0 saturated heterocycles. The number of hydrogen-bond donors (Lipinski definition) is 0. The first kappa shape index (κ1) is 37.7. The predicted molar refractivity (Wildman–Crippen MR) is 32.6 cm³/mol. The van der Waals surface area contributed by atoms with Crippen LogP contribution in [0.25, 0.3) is 0 Å². The molecule has 0 bridgehead atoms. The maximum Gasteiger partial charge on any atom is 0 e. The smallest absolute Gasteiger partial charge is 0 e. The molecule has 1 radical (unpaired) electrons. The zero-order valence-electron chi connectivity index (χ0n) is 6.61. The van der Waals surface area contributed by atoms with Crippen molar-refractivity contribution in [2.45, 2.75) is 13.3 Å². The van der Waals surface area contributed by atoms with E-state index in [0.717, 1.165) is 6.42 Å². The Balaban J connectivity index is -0.0000000122. The average Bonchev–Trinajstić information content (AvgIpc) is 2.23. The van der Waals surface area contributed by atoms with Crippen LogP contribution in [0.5, 0.6) is 0 Å². The minimum Gasteiger partial charge on any atom is -1.00 e. The van der Waals surface area contributed by atoms with Gasteiger partial charge >= 0.3 is 0 Å². The summed E-state index contributed by atoms with van der Waals surface area (Å²) in [7, 11) is 0. The molecule has 0 aromatic carbocycles. The van der Waals surface area contributed by atoms with Gasteiger partial charge in [0.25, 0.3) is 0 Å². The van der Waals surface area contributed by atoms with Crippen LogP contribution in [-0.2, 0) is 22.4 Å². The molecular weight excluding hydrogens is 319 g/mol. The van der Waals surface area contributed by atoms with Crippen molar-refractivity contribution in [1.82, 2.24) is 0 Å². The minimum atomic E-state index is 0. The zero-order valence-corrected chi connectivity index (χ0v) is 11.8. The van der Waals surface area contributed by atoms with E-state index in [-0.39, 0.29) is 72.0 Å². The van der Waals surface area contributed by atoms with Gasteiger partial charge in [0.1, 0.15) is 0 Å². The fourth-order valence-electron chi connectivity index (χ4n) is 0.340. The molecule has 0 unspecified atom stereocenters. The van der Waals surface area contributed by atoms with Gasteiger partial charge in [-0.1, -0.05) is 0 Å². The SMILES string of the molecule is [C-]1=CC=CC1.[CH2-]C.[Cl-].[Cl-].[Cl-].[Cl-].[Nb]. The van der Waals surface area contributed by atoms with Crippen molar-refractivity contribution in [1.29, 1.82) is 0 Å². The fraction of sp³-hybridized carbons (Fsp3) is 0.286. The maximum absolute atomic E-state index is 3.25. The van der Waals surface area contributed by atoms with Gasteiger partial charge in [0.2, 0.25) is 0 Å². The van der Waals surface area contributed by atoms with Gasteiger partial charge in [-0.05, 0) is 0 Å². The molecule has 1 rings (SSSR count). The molecule has 0 saturated carbocycles. The second-order valence-corrected chi connectivity index (χ2v) is 1.00. The molecule has 0 aliphatic heterocycles. The molecule has 0 N–H and O–H groups in total. The van der Waals surface area contributed by atoms with Gasteiger partial charge in [-0.15, -0.1) is 6.42 Å². The van der Waals surface area contributed by atoms with Gasteiger partial charge in [-0.25, -0.2) is 12.2 Å². The van der Waals surface area contributed by atoms with Crippen molar-refractivity contribution in [3.8, 4) is 0 Å². The summed E-state index contributed by atoms with van der Waals surface area (Å²) in [6.45, 7) is 5.00. The normalized spacial score (nSPS) is 7.83. The van der Waals surface area contributed by atoms with E-state index in [1.54, 1.807) is 6.92 Å². The van der Waals surface area contributed by atoms with E-state index in [4.69, 9.17) is 0 Å². The molecule has 1 aliphatic carbocycles. The molecular formula is C7H10Cl4Nb-6. The molecule has 0 heterocycles. The van der Waals surface area contributed by atoms with Crippen LogP contribution < -0.4 is 49.6 Å². The van der Waals surface area contributed by atoms with E-state index >= 15 is 0 Å². The predicted octanol–water partition coefficient (Wildman–Crippen LogP) is -9.84. The summed E-state index contributed by atoms with van der Waals surface area (Å²) < 4.78 is 0. The second kappa shape index (κ2) is 39.4. The molecule has 0 atom stereocenters. The van der Waals surface area contributed by atoms with Crippen LogP contribution >= 0.6 is 0 Å². The summed E-state index contributed by atoms with van der Waals surface area (Å²) in [6.07, 6.45) is 10.0. The molecule has 0 aromatic rings. The molecule has 0 spiro atoms. The van der Waals surface area contributed by atoms with E-state index in [1.807, 2.05) is 12.2 Å². The van der Waals surface area contributed by atoms with Crippen LogP contribution in [-0.4, -0.2) is 0 Å². The quantitative estimate of drug-likeness (QED) is 0.306.